The van der Waals surface area contributed by atoms with Crippen LogP contribution >= 0.6 is 0 Å². The van der Waals surface area contributed by atoms with Crippen LogP contribution in [0.2, 0.25) is 0 Å². The van der Waals surface area contributed by atoms with E-state index >= 15 is 0 Å². The van der Waals surface area contributed by atoms with Crippen LogP contribution in [0.1, 0.15) is 45.4 Å². The second-order valence-electron chi connectivity index (χ2n) is 5.99. The second-order valence-corrected chi connectivity index (χ2v) is 5.99. The van der Waals surface area contributed by atoms with Crippen LogP contribution in [-0.2, 0) is 0 Å². The molecule has 0 unspecified atom stereocenters. The fraction of sp³-hybridized carbons (Fsp3) is 0.929. The fourth-order valence-electron chi connectivity index (χ4n) is 3.33. The third-order valence-electron chi connectivity index (χ3n) is 4.58. The lowest BCUT2D eigenvalue weighted by molar-refractivity contribution is 0.0956. The van der Waals surface area contributed by atoms with Crippen LogP contribution in [0.4, 0.5) is 4.79 Å². The molecule has 5 heteroatoms. The van der Waals surface area contributed by atoms with Crippen LogP contribution in [-0.4, -0.2) is 47.3 Å². The highest BCUT2D eigenvalue weighted by Gasteiger charge is 2.35. The molecular formula is C14H27N3O2. The molecule has 1 saturated heterocycles. The van der Waals surface area contributed by atoms with E-state index in [9.17, 15) is 9.90 Å². The molecule has 2 fully saturated rings. The summed E-state index contributed by atoms with van der Waals surface area (Å²) in [5.41, 5.74) is 6.14. The van der Waals surface area contributed by atoms with Crippen molar-refractivity contribution < 1.29 is 9.90 Å². The van der Waals surface area contributed by atoms with E-state index < -0.39 is 6.10 Å². The summed E-state index contributed by atoms with van der Waals surface area (Å²) in [5, 5.41) is 13.1. The summed E-state index contributed by atoms with van der Waals surface area (Å²) in [4.78, 5) is 13.3. The number of aliphatic hydroxyl groups excluding tert-OH is 1. The van der Waals surface area contributed by atoms with Gasteiger partial charge in [0.25, 0.3) is 0 Å². The Labute approximate surface area is 115 Å². The first-order valence-electron chi connectivity index (χ1n) is 7.61. The summed E-state index contributed by atoms with van der Waals surface area (Å²) in [6, 6.07) is -0.535. The third kappa shape index (κ3) is 3.60. The Morgan fingerprint density at radius 3 is 2.68 bits per heavy atom. The number of nitrogens with one attached hydrogen (secondary N) is 1. The maximum absolute atomic E-state index is 11.6. The van der Waals surface area contributed by atoms with E-state index in [1.165, 1.54) is 32.1 Å². The van der Waals surface area contributed by atoms with E-state index in [2.05, 4.69) is 5.32 Å². The van der Waals surface area contributed by atoms with E-state index in [4.69, 9.17) is 5.73 Å². The molecule has 19 heavy (non-hydrogen) atoms. The van der Waals surface area contributed by atoms with Crippen LogP contribution in [0.3, 0.4) is 0 Å². The van der Waals surface area contributed by atoms with Crippen molar-refractivity contribution in [1.29, 1.82) is 0 Å². The first-order chi connectivity index (χ1) is 9.11. The molecule has 110 valence electrons. The second kappa shape index (κ2) is 6.57. The number of carbonyl (C=O) groups excluding carboxylic acids is 1. The van der Waals surface area contributed by atoms with Crippen molar-refractivity contribution in [2.24, 2.45) is 11.7 Å². The Bertz CT molecular complexity index is 305. The monoisotopic (exact) mass is 269 g/mol. The van der Waals surface area contributed by atoms with Gasteiger partial charge in [0, 0.05) is 19.1 Å². The topological polar surface area (TPSA) is 78.6 Å². The minimum Gasteiger partial charge on any atom is -0.389 e. The molecule has 2 amide bonds. The molecule has 2 rings (SSSR count). The molecule has 0 bridgehead atoms. The van der Waals surface area contributed by atoms with Gasteiger partial charge in [0.15, 0.2) is 0 Å². The molecule has 0 aromatic carbocycles. The van der Waals surface area contributed by atoms with Gasteiger partial charge in [-0.2, -0.15) is 0 Å². The highest BCUT2D eigenvalue weighted by Crippen LogP contribution is 2.28. The summed E-state index contributed by atoms with van der Waals surface area (Å²) < 4.78 is 0. The molecule has 5 nitrogen and oxygen atoms in total. The minimum atomic E-state index is -0.637. The van der Waals surface area contributed by atoms with Gasteiger partial charge in [-0.15, -0.1) is 0 Å². The fourth-order valence-corrected chi connectivity index (χ4v) is 3.33. The Kier molecular flexibility index (Phi) is 5.05. The average molecular weight is 269 g/mol. The number of nitrogens with two attached hydrogens (primary N) is 1. The first kappa shape index (κ1) is 14.6. The highest BCUT2D eigenvalue weighted by molar-refractivity contribution is 5.77. The van der Waals surface area contributed by atoms with Crippen molar-refractivity contribution in [2.45, 2.75) is 63.6 Å². The molecule has 0 radical (unpaired) electrons. The van der Waals surface area contributed by atoms with Crippen molar-refractivity contribution in [1.82, 2.24) is 10.2 Å². The number of amides is 2. The standard InChI is InChI=1S/C14H27N3O2/c1-2-17-9-12(16-14(17)19)13(18)11(15)8-10-6-4-3-5-7-10/h10-13,18H,2-9,15H2,1H3,(H,16,19)/t11-,12-,13+/m0/s1. The van der Waals surface area contributed by atoms with Crippen molar-refractivity contribution >= 4 is 6.03 Å². The molecule has 1 aliphatic heterocycles. The quantitative estimate of drug-likeness (QED) is 0.698. The summed E-state index contributed by atoms with van der Waals surface area (Å²) in [6.45, 7) is 3.18. The Balaban J connectivity index is 1.81. The molecule has 3 atom stereocenters. The van der Waals surface area contributed by atoms with Crippen LogP contribution < -0.4 is 11.1 Å². The van der Waals surface area contributed by atoms with Crippen LogP contribution in [0.5, 0.6) is 0 Å². The number of hydrogen-bond acceptors (Lipinski definition) is 3. The smallest absolute Gasteiger partial charge is 0.317 e. The van der Waals surface area contributed by atoms with Gasteiger partial charge in [-0.3, -0.25) is 0 Å². The van der Waals surface area contributed by atoms with Gasteiger partial charge in [0.05, 0.1) is 12.1 Å². The highest BCUT2D eigenvalue weighted by atomic mass is 16.3. The number of likely N-dealkylation sites (N-methyl/N-ethyl adjacent to an activating group) is 1. The number of rotatable bonds is 5. The van der Waals surface area contributed by atoms with Crippen molar-refractivity contribution in [3.8, 4) is 0 Å². The van der Waals surface area contributed by atoms with Crippen molar-refractivity contribution in [3.63, 3.8) is 0 Å². The first-order valence-corrected chi connectivity index (χ1v) is 7.61. The average Bonchev–Trinajstić information content (AvgIpc) is 2.80. The van der Waals surface area contributed by atoms with Gasteiger partial charge in [-0.1, -0.05) is 32.1 Å². The Hall–Kier alpha value is -0.810. The number of hydrogen-bond donors (Lipinski definition) is 3. The lowest BCUT2D eigenvalue weighted by Gasteiger charge is -2.29. The van der Waals surface area contributed by atoms with E-state index in [1.807, 2.05) is 6.92 Å². The molecule has 1 aliphatic carbocycles. The third-order valence-corrected chi connectivity index (χ3v) is 4.58. The zero-order chi connectivity index (χ0) is 13.8. The Morgan fingerprint density at radius 2 is 2.11 bits per heavy atom. The van der Waals surface area contributed by atoms with E-state index in [1.54, 1.807) is 4.90 Å². The SMILES string of the molecule is CCN1C[C@@H]([C@H](O)[C@@H](N)CC2CCCCC2)NC1=O. The largest absolute Gasteiger partial charge is 0.389 e. The predicted molar refractivity (Wildman–Crippen MR) is 74.7 cm³/mol. The maximum atomic E-state index is 11.6. The number of nitrogens with zero attached hydrogens (tertiary/aromatic N) is 1. The number of carbonyl (C=O) groups is 1. The molecule has 4 N–H and O–H groups in total. The van der Waals surface area contributed by atoms with Gasteiger partial charge < -0.3 is 21.1 Å². The van der Waals surface area contributed by atoms with Gasteiger partial charge in [-0.05, 0) is 19.3 Å². The predicted octanol–water partition coefficient (Wildman–Crippen LogP) is 1.06. The molecule has 2 aliphatic rings. The Morgan fingerprint density at radius 1 is 1.42 bits per heavy atom. The van der Waals surface area contributed by atoms with Gasteiger partial charge in [-0.25, -0.2) is 4.79 Å². The summed E-state index contributed by atoms with van der Waals surface area (Å²) in [7, 11) is 0. The zero-order valence-corrected chi connectivity index (χ0v) is 11.8. The van der Waals surface area contributed by atoms with Gasteiger partial charge in [0.2, 0.25) is 0 Å². The van der Waals surface area contributed by atoms with E-state index in [-0.39, 0.29) is 18.1 Å². The molecular weight excluding hydrogens is 242 g/mol. The number of urea groups is 1. The lowest BCUT2D eigenvalue weighted by atomic mass is 9.83. The molecule has 0 aromatic heterocycles. The molecule has 1 saturated carbocycles. The normalized spacial score (nSPS) is 28.3. The molecule has 1 heterocycles. The molecule has 0 spiro atoms. The van der Waals surface area contributed by atoms with Crippen LogP contribution in [0.25, 0.3) is 0 Å². The van der Waals surface area contributed by atoms with Crippen LogP contribution in [0, 0.1) is 5.92 Å². The van der Waals surface area contributed by atoms with Gasteiger partial charge in [0.1, 0.15) is 0 Å². The lowest BCUT2D eigenvalue weighted by Crippen LogP contribution is -2.49. The van der Waals surface area contributed by atoms with Crippen LogP contribution in [0.15, 0.2) is 0 Å². The summed E-state index contributed by atoms with van der Waals surface area (Å²) in [6.07, 6.45) is 6.62. The minimum absolute atomic E-state index is 0.0867. The van der Waals surface area contributed by atoms with Crippen molar-refractivity contribution in [3.05, 3.63) is 0 Å². The number of aliphatic hydroxyl groups is 1. The van der Waals surface area contributed by atoms with Crippen molar-refractivity contribution in [2.75, 3.05) is 13.1 Å². The van der Waals surface area contributed by atoms with Gasteiger partial charge >= 0.3 is 6.03 Å². The van der Waals surface area contributed by atoms with E-state index in [0.29, 0.717) is 19.0 Å². The maximum Gasteiger partial charge on any atom is 0.317 e. The summed E-state index contributed by atoms with van der Waals surface area (Å²) >= 11 is 0. The molecule has 0 aromatic rings. The zero-order valence-electron chi connectivity index (χ0n) is 11.8. The summed E-state index contributed by atoms with van der Waals surface area (Å²) in [5.74, 6) is 0.651. The van der Waals surface area contributed by atoms with E-state index in [0.717, 1.165) is 6.42 Å².